The lowest BCUT2D eigenvalue weighted by atomic mass is 9.99. The van der Waals surface area contributed by atoms with E-state index in [0.29, 0.717) is 6.61 Å². The van der Waals surface area contributed by atoms with Gasteiger partial charge in [-0.25, -0.2) is 4.79 Å². The Morgan fingerprint density at radius 2 is 1.82 bits per heavy atom. The Labute approximate surface area is 167 Å². The van der Waals surface area contributed by atoms with Crippen molar-refractivity contribution in [3.8, 4) is 0 Å². The van der Waals surface area contributed by atoms with Crippen molar-refractivity contribution in [2.75, 3.05) is 25.0 Å². The highest BCUT2D eigenvalue weighted by Crippen LogP contribution is 2.20. The van der Waals surface area contributed by atoms with Crippen LogP contribution < -0.4 is 5.32 Å². The summed E-state index contributed by atoms with van der Waals surface area (Å²) in [5.41, 5.74) is 1.60. The standard InChI is InChI=1S/C22H32N2O4/c1-6-27-20(25)12-9-18-7-10-19(11-8-18)23-22(26)21(15(2)3)24-13-16(4)28-17(5)14-24/h7-12,15-17,21H,6,13-14H2,1-5H3,(H,23,26)/b12-9+. The predicted octanol–water partition coefficient (Wildman–Crippen LogP) is 3.34. The van der Waals surface area contributed by atoms with Crippen molar-refractivity contribution in [1.29, 1.82) is 0 Å². The van der Waals surface area contributed by atoms with Gasteiger partial charge in [0.25, 0.3) is 0 Å². The number of benzene rings is 1. The van der Waals surface area contributed by atoms with Gasteiger partial charge in [-0.3, -0.25) is 9.69 Å². The molecule has 3 unspecified atom stereocenters. The van der Waals surface area contributed by atoms with Gasteiger partial charge < -0.3 is 14.8 Å². The fraction of sp³-hybridized carbons (Fsp3) is 0.545. The number of esters is 1. The summed E-state index contributed by atoms with van der Waals surface area (Å²) in [6, 6.07) is 7.18. The summed E-state index contributed by atoms with van der Waals surface area (Å²) < 4.78 is 10.7. The summed E-state index contributed by atoms with van der Waals surface area (Å²) >= 11 is 0. The number of rotatable bonds is 7. The molecule has 1 amide bonds. The van der Waals surface area contributed by atoms with Crippen molar-refractivity contribution < 1.29 is 19.1 Å². The second-order valence-corrected chi connectivity index (χ2v) is 7.60. The maximum Gasteiger partial charge on any atom is 0.330 e. The van der Waals surface area contributed by atoms with Gasteiger partial charge in [0, 0.05) is 24.9 Å². The number of carbonyl (C=O) groups excluding carboxylic acids is 2. The molecule has 1 aliphatic heterocycles. The lowest BCUT2D eigenvalue weighted by molar-refractivity contribution is -0.137. The molecule has 1 fully saturated rings. The molecule has 0 saturated carbocycles. The van der Waals surface area contributed by atoms with E-state index < -0.39 is 0 Å². The highest BCUT2D eigenvalue weighted by atomic mass is 16.5. The van der Waals surface area contributed by atoms with Crippen LogP contribution in [0.1, 0.15) is 40.2 Å². The van der Waals surface area contributed by atoms with Crippen LogP contribution in [-0.2, 0) is 19.1 Å². The quantitative estimate of drug-likeness (QED) is 0.573. The molecule has 1 saturated heterocycles. The second-order valence-electron chi connectivity index (χ2n) is 7.60. The molecule has 3 atom stereocenters. The van der Waals surface area contributed by atoms with Crippen LogP contribution in [0.2, 0.25) is 0 Å². The smallest absolute Gasteiger partial charge is 0.330 e. The first-order valence-electron chi connectivity index (χ1n) is 9.95. The lowest BCUT2D eigenvalue weighted by Gasteiger charge is -2.41. The summed E-state index contributed by atoms with van der Waals surface area (Å²) in [4.78, 5) is 26.6. The van der Waals surface area contributed by atoms with Gasteiger partial charge in [0.05, 0.1) is 24.9 Å². The van der Waals surface area contributed by atoms with E-state index in [4.69, 9.17) is 9.47 Å². The number of nitrogens with one attached hydrogen (secondary N) is 1. The molecule has 1 aromatic rings. The molecule has 0 aliphatic carbocycles. The SMILES string of the molecule is CCOC(=O)/C=C/c1ccc(NC(=O)C(C(C)C)N2CC(C)OC(C)C2)cc1. The van der Waals surface area contributed by atoms with Crippen LogP contribution in [0.3, 0.4) is 0 Å². The number of nitrogens with zero attached hydrogens (tertiary/aromatic N) is 1. The number of ether oxygens (including phenoxy) is 2. The summed E-state index contributed by atoms with van der Waals surface area (Å²) in [6.07, 6.45) is 3.32. The number of morpholine rings is 1. The van der Waals surface area contributed by atoms with Crippen LogP contribution >= 0.6 is 0 Å². The lowest BCUT2D eigenvalue weighted by Crippen LogP contribution is -2.55. The van der Waals surface area contributed by atoms with E-state index in [1.54, 1.807) is 13.0 Å². The van der Waals surface area contributed by atoms with Crippen LogP contribution in [0.25, 0.3) is 6.08 Å². The fourth-order valence-electron chi connectivity index (χ4n) is 3.58. The Morgan fingerprint density at radius 1 is 1.21 bits per heavy atom. The first-order chi connectivity index (χ1) is 13.3. The molecule has 0 radical (unpaired) electrons. The maximum atomic E-state index is 13.0. The van der Waals surface area contributed by atoms with Crippen molar-refractivity contribution in [1.82, 2.24) is 4.90 Å². The zero-order valence-corrected chi connectivity index (χ0v) is 17.5. The molecule has 154 valence electrons. The van der Waals surface area contributed by atoms with E-state index in [2.05, 4.69) is 24.1 Å². The Morgan fingerprint density at radius 3 is 2.36 bits per heavy atom. The van der Waals surface area contributed by atoms with Gasteiger partial charge in [0.1, 0.15) is 0 Å². The van der Waals surface area contributed by atoms with Crippen molar-refractivity contribution in [3.63, 3.8) is 0 Å². The van der Waals surface area contributed by atoms with Crippen molar-refractivity contribution >= 4 is 23.6 Å². The Hall–Kier alpha value is -2.18. The molecular weight excluding hydrogens is 356 g/mol. The van der Waals surface area contributed by atoms with Crippen LogP contribution in [0.4, 0.5) is 5.69 Å². The Balaban J connectivity index is 2.02. The van der Waals surface area contributed by atoms with Gasteiger partial charge in [0.2, 0.25) is 5.91 Å². The van der Waals surface area contributed by atoms with E-state index in [1.807, 2.05) is 38.1 Å². The van der Waals surface area contributed by atoms with Crippen LogP contribution in [-0.4, -0.2) is 54.7 Å². The minimum Gasteiger partial charge on any atom is -0.463 e. The van der Waals surface area contributed by atoms with Gasteiger partial charge in [-0.15, -0.1) is 0 Å². The molecule has 1 aromatic carbocycles. The number of hydrogen-bond acceptors (Lipinski definition) is 5. The molecule has 0 spiro atoms. The van der Waals surface area contributed by atoms with Crippen LogP contribution in [0.15, 0.2) is 30.3 Å². The van der Waals surface area contributed by atoms with Crippen LogP contribution in [0, 0.1) is 5.92 Å². The summed E-state index contributed by atoms with van der Waals surface area (Å²) in [5.74, 6) is -0.191. The number of carbonyl (C=O) groups is 2. The summed E-state index contributed by atoms with van der Waals surface area (Å²) in [5, 5.41) is 3.03. The number of anilines is 1. The van der Waals surface area contributed by atoms with Gasteiger partial charge in [-0.05, 0) is 50.5 Å². The normalized spacial score (nSPS) is 21.6. The third-order valence-electron chi connectivity index (χ3n) is 4.62. The van der Waals surface area contributed by atoms with Crippen molar-refractivity contribution in [2.24, 2.45) is 5.92 Å². The Bertz CT molecular complexity index is 674. The summed E-state index contributed by atoms with van der Waals surface area (Å²) in [6.45, 7) is 11.8. The highest BCUT2D eigenvalue weighted by Gasteiger charge is 2.34. The molecule has 0 aromatic heterocycles. The van der Waals surface area contributed by atoms with Gasteiger partial charge in [-0.1, -0.05) is 26.0 Å². The fourth-order valence-corrected chi connectivity index (χ4v) is 3.58. The van der Waals surface area contributed by atoms with Gasteiger partial charge >= 0.3 is 5.97 Å². The zero-order valence-electron chi connectivity index (χ0n) is 17.5. The number of hydrogen-bond donors (Lipinski definition) is 1. The average Bonchev–Trinajstić information content (AvgIpc) is 2.60. The average molecular weight is 389 g/mol. The third-order valence-corrected chi connectivity index (χ3v) is 4.62. The Kier molecular flexibility index (Phi) is 8.20. The summed E-state index contributed by atoms with van der Waals surface area (Å²) in [7, 11) is 0. The van der Waals surface area contributed by atoms with E-state index in [9.17, 15) is 9.59 Å². The van der Waals surface area contributed by atoms with E-state index >= 15 is 0 Å². The minimum absolute atomic E-state index is 0.00823. The molecule has 1 N–H and O–H groups in total. The van der Waals surface area contributed by atoms with E-state index in [0.717, 1.165) is 24.3 Å². The molecule has 6 nitrogen and oxygen atoms in total. The predicted molar refractivity (Wildman–Crippen MR) is 111 cm³/mol. The molecule has 28 heavy (non-hydrogen) atoms. The zero-order chi connectivity index (χ0) is 20.7. The molecule has 1 aliphatic rings. The highest BCUT2D eigenvalue weighted by molar-refractivity contribution is 5.95. The largest absolute Gasteiger partial charge is 0.463 e. The van der Waals surface area contributed by atoms with Gasteiger partial charge in [0.15, 0.2) is 0 Å². The second kappa shape index (κ2) is 10.4. The van der Waals surface area contributed by atoms with E-state index in [1.165, 1.54) is 6.08 Å². The molecule has 2 rings (SSSR count). The van der Waals surface area contributed by atoms with Crippen molar-refractivity contribution in [3.05, 3.63) is 35.9 Å². The molecular formula is C22H32N2O4. The molecule has 0 bridgehead atoms. The van der Waals surface area contributed by atoms with E-state index in [-0.39, 0.29) is 36.0 Å². The van der Waals surface area contributed by atoms with Crippen molar-refractivity contribution in [2.45, 2.75) is 52.9 Å². The molecule has 6 heteroatoms. The maximum absolute atomic E-state index is 13.0. The first kappa shape index (κ1) is 22.1. The minimum atomic E-state index is -0.367. The molecule has 1 heterocycles. The van der Waals surface area contributed by atoms with Gasteiger partial charge in [-0.2, -0.15) is 0 Å². The van der Waals surface area contributed by atoms with Crippen LogP contribution in [0.5, 0.6) is 0 Å². The third kappa shape index (κ3) is 6.46. The topological polar surface area (TPSA) is 67.9 Å². The monoisotopic (exact) mass is 388 g/mol. The number of amides is 1. The first-order valence-corrected chi connectivity index (χ1v) is 9.95.